The molecule has 1 atom stereocenters. The van der Waals surface area contributed by atoms with Crippen molar-refractivity contribution in [2.75, 3.05) is 11.9 Å². The number of pyridine rings is 1. The van der Waals surface area contributed by atoms with Crippen LogP contribution < -0.4 is 4.90 Å². The number of aliphatic hydroxyl groups is 1. The predicted molar refractivity (Wildman–Crippen MR) is 81.1 cm³/mol. The lowest BCUT2D eigenvalue weighted by molar-refractivity contribution is 0.199. The van der Waals surface area contributed by atoms with E-state index >= 15 is 0 Å². The largest absolute Gasteiger partial charge is 0.389 e. The molecule has 0 radical (unpaired) electrons. The molecule has 0 saturated heterocycles. The van der Waals surface area contributed by atoms with Crippen molar-refractivity contribution in [3.8, 4) is 0 Å². The first-order chi connectivity index (χ1) is 9.06. The Hall–Kier alpha value is -1.39. The zero-order chi connectivity index (χ0) is 13.8. The number of halogens is 1. The Morgan fingerprint density at radius 3 is 2.58 bits per heavy atom. The number of hydrogen-bond acceptors (Lipinski definition) is 3. The van der Waals surface area contributed by atoms with Crippen LogP contribution in [0.5, 0.6) is 0 Å². The second-order valence-corrected chi connectivity index (χ2v) is 5.52. The highest BCUT2D eigenvalue weighted by atomic mass is 79.9. The Morgan fingerprint density at radius 1 is 1.26 bits per heavy atom. The summed E-state index contributed by atoms with van der Waals surface area (Å²) in [5, 5.41) is 9.60. The molecule has 19 heavy (non-hydrogen) atoms. The van der Waals surface area contributed by atoms with Crippen LogP contribution in [0.2, 0.25) is 0 Å². The van der Waals surface area contributed by atoms with Crippen LogP contribution in [-0.4, -0.2) is 17.1 Å². The van der Waals surface area contributed by atoms with Crippen LogP contribution in [0.25, 0.3) is 0 Å². The summed E-state index contributed by atoms with van der Waals surface area (Å²) in [4.78, 5) is 6.41. The van der Waals surface area contributed by atoms with E-state index in [2.05, 4.69) is 37.9 Å². The molecular formula is C15H17BrN2O. The molecular weight excluding hydrogens is 304 g/mol. The van der Waals surface area contributed by atoms with Gasteiger partial charge in [-0.1, -0.05) is 28.1 Å². The zero-order valence-corrected chi connectivity index (χ0v) is 12.6. The highest BCUT2D eigenvalue weighted by Gasteiger charge is 2.07. The van der Waals surface area contributed by atoms with Gasteiger partial charge in [0, 0.05) is 24.3 Å². The maximum absolute atomic E-state index is 9.60. The van der Waals surface area contributed by atoms with Crippen LogP contribution in [-0.2, 0) is 6.54 Å². The van der Waals surface area contributed by atoms with E-state index < -0.39 is 6.10 Å². The Kier molecular flexibility index (Phi) is 4.56. The van der Waals surface area contributed by atoms with Gasteiger partial charge in [-0.2, -0.15) is 0 Å². The summed E-state index contributed by atoms with van der Waals surface area (Å²) >= 11 is 3.43. The normalized spacial score (nSPS) is 12.2. The van der Waals surface area contributed by atoms with Crippen molar-refractivity contribution >= 4 is 21.7 Å². The van der Waals surface area contributed by atoms with Crippen LogP contribution >= 0.6 is 15.9 Å². The first kappa shape index (κ1) is 14.0. The van der Waals surface area contributed by atoms with Crippen LogP contribution in [0.3, 0.4) is 0 Å². The van der Waals surface area contributed by atoms with E-state index in [1.807, 2.05) is 31.3 Å². The second-order valence-electron chi connectivity index (χ2n) is 4.61. The standard InChI is InChI=1S/C15H17BrN2O/c1-11(19)13-7-8-17-15(9-13)18(2)10-12-3-5-14(16)6-4-12/h3-9,11,19H,10H2,1-2H3. The summed E-state index contributed by atoms with van der Waals surface area (Å²) in [6.07, 6.45) is 1.26. The fourth-order valence-corrected chi connectivity index (χ4v) is 2.11. The number of rotatable bonds is 4. The fraction of sp³-hybridized carbons (Fsp3) is 0.267. The summed E-state index contributed by atoms with van der Waals surface area (Å²) in [5.41, 5.74) is 2.10. The van der Waals surface area contributed by atoms with Gasteiger partial charge in [-0.3, -0.25) is 0 Å². The van der Waals surface area contributed by atoms with Gasteiger partial charge in [-0.25, -0.2) is 4.98 Å². The van der Waals surface area contributed by atoms with Gasteiger partial charge in [0.05, 0.1) is 6.10 Å². The van der Waals surface area contributed by atoms with E-state index in [1.165, 1.54) is 5.56 Å². The molecule has 0 bridgehead atoms. The van der Waals surface area contributed by atoms with Gasteiger partial charge in [0.1, 0.15) is 5.82 Å². The molecule has 1 aromatic carbocycles. The predicted octanol–water partition coefficient (Wildman–Crippen LogP) is 3.53. The number of nitrogens with zero attached hydrogens (tertiary/aromatic N) is 2. The summed E-state index contributed by atoms with van der Waals surface area (Å²) in [5.74, 6) is 0.862. The summed E-state index contributed by atoms with van der Waals surface area (Å²) < 4.78 is 1.08. The molecule has 1 unspecified atom stereocenters. The van der Waals surface area contributed by atoms with E-state index in [0.29, 0.717) is 0 Å². The molecule has 0 aliphatic rings. The molecule has 0 fully saturated rings. The number of anilines is 1. The summed E-state index contributed by atoms with van der Waals surface area (Å²) in [6.45, 7) is 2.54. The molecule has 0 saturated carbocycles. The minimum atomic E-state index is -0.470. The highest BCUT2D eigenvalue weighted by Crippen LogP contribution is 2.19. The number of hydrogen-bond donors (Lipinski definition) is 1. The summed E-state index contributed by atoms with van der Waals surface area (Å²) in [6, 6.07) is 12.0. The maximum Gasteiger partial charge on any atom is 0.128 e. The minimum absolute atomic E-state index is 0.470. The third-order valence-corrected chi connectivity index (χ3v) is 3.50. The van der Waals surface area contributed by atoms with Crippen LogP contribution in [0.4, 0.5) is 5.82 Å². The number of aromatic nitrogens is 1. The topological polar surface area (TPSA) is 36.4 Å². The Labute approximate surface area is 122 Å². The molecule has 3 nitrogen and oxygen atoms in total. The van der Waals surface area contributed by atoms with E-state index in [0.717, 1.165) is 22.4 Å². The Bertz CT molecular complexity index is 540. The lowest BCUT2D eigenvalue weighted by atomic mass is 10.1. The molecule has 0 aliphatic carbocycles. The van der Waals surface area contributed by atoms with Crippen molar-refractivity contribution in [3.63, 3.8) is 0 Å². The SMILES string of the molecule is CC(O)c1ccnc(N(C)Cc2ccc(Br)cc2)c1. The van der Waals surface area contributed by atoms with Crippen LogP contribution in [0, 0.1) is 0 Å². The van der Waals surface area contributed by atoms with Gasteiger partial charge in [-0.15, -0.1) is 0 Å². The second kappa shape index (κ2) is 6.17. The van der Waals surface area contributed by atoms with Crippen molar-refractivity contribution < 1.29 is 5.11 Å². The first-order valence-corrected chi connectivity index (χ1v) is 6.95. The molecule has 2 aromatic rings. The van der Waals surface area contributed by atoms with Crippen molar-refractivity contribution in [2.24, 2.45) is 0 Å². The van der Waals surface area contributed by atoms with Gasteiger partial charge in [0.15, 0.2) is 0 Å². The molecule has 0 spiro atoms. The quantitative estimate of drug-likeness (QED) is 0.936. The zero-order valence-electron chi connectivity index (χ0n) is 11.0. The van der Waals surface area contributed by atoms with Crippen molar-refractivity contribution in [1.82, 2.24) is 4.98 Å². The third kappa shape index (κ3) is 3.78. The average molecular weight is 321 g/mol. The van der Waals surface area contributed by atoms with E-state index in [1.54, 1.807) is 13.1 Å². The van der Waals surface area contributed by atoms with Gasteiger partial charge in [0.25, 0.3) is 0 Å². The molecule has 0 amide bonds. The fourth-order valence-electron chi connectivity index (χ4n) is 1.85. The first-order valence-electron chi connectivity index (χ1n) is 6.16. The lowest BCUT2D eigenvalue weighted by Crippen LogP contribution is -2.17. The molecule has 4 heteroatoms. The lowest BCUT2D eigenvalue weighted by Gasteiger charge is -2.19. The Morgan fingerprint density at radius 2 is 1.95 bits per heavy atom. The highest BCUT2D eigenvalue weighted by molar-refractivity contribution is 9.10. The minimum Gasteiger partial charge on any atom is -0.389 e. The van der Waals surface area contributed by atoms with Crippen molar-refractivity contribution in [2.45, 2.75) is 19.6 Å². The van der Waals surface area contributed by atoms with E-state index in [4.69, 9.17) is 0 Å². The average Bonchev–Trinajstić information content (AvgIpc) is 2.41. The molecule has 1 N–H and O–H groups in total. The van der Waals surface area contributed by atoms with E-state index in [9.17, 15) is 5.11 Å². The van der Waals surface area contributed by atoms with Gasteiger partial charge >= 0.3 is 0 Å². The molecule has 2 rings (SSSR count). The number of aliphatic hydroxyl groups excluding tert-OH is 1. The van der Waals surface area contributed by atoms with Crippen LogP contribution in [0.15, 0.2) is 47.1 Å². The van der Waals surface area contributed by atoms with Crippen molar-refractivity contribution in [3.05, 3.63) is 58.2 Å². The number of benzene rings is 1. The molecule has 100 valence electrons. The van der Waals surface area contributed by atoms with Gasteiger partial charge < -0.3 is 10.0 Å². The molecule has 0 aliphatic heterocycles. The maximum atomic E-state index is 9.60. The smallest absolute Gasteiger partial charge is 0.128 e. The van der Waals surface area contributed by atoms with Crippen molar-refractivity contribution in [1.29, 1.82) is 0 Å². The van der Waals surface area contributed by atoms with Gasteiger partial charge in [-0.05, 0) is 42.3 Å². The third-order valence-electron chi connectivity index (χ3n) is 2.98. The molecule has 1 aromatic heterocycles. The van der Waals surface area contributed by atoms with Gasteiger partial charge in [0.2, 0.25) is 0 Å². The van der Waals surface area contributed by atoms with E-state index in [-0.39, 0.29) is 0 Å². The monoisotopic (exact) mass is 320 g/mol. The van der Waals surface area contributed by atoms with Crippen LogP contribution in [0.1, 0.15) is 24.2 Å². The Balaban J connectivity index is 2.13. The summed E-state index contributed by atoms with van der Waals surface area (Å²) in [7, 11) is 2.00. The molecule has 1 heterocycles.